The minimum atomic E-state index is -0.386. The third-order valence-corrected chi connectivity index (χ3v) is 5.35. The highest BCUT2D eigenvalue weighted by atomic mass is 35.5. The number of amides is 1. The SMILES string of the molecule is CN1/C(=C(Cl)\C=C(/C=O)Nc2ncncc2Cl)C(=O)NC12CCCCC2. The summed E-state index contributed by atoms with van der Waals surface area (Å²) in [6.45, 7) is 0. The van der Waals surface area contributed by atoms with Gasteiger partial charge in [-0.3, -0.25) is 9.59 Å². The van der Waals surface area contributed by atoms with Crippen LogP contribution in [-0.4, -0.2) is 39.8 Å². The maximum atomic E-state index is 12.5. The van der Waals surface area contributed by atoms with Gasteiger partial charge >= 0.3 is 0 Å². The second-order valence-electron chi connectivity index (χ2n) is 6.36. The van der Waals surface area contributed by atoms with E-state index < -0.39 is 0 Å². The zero-order valence-electron chi connectivity index (χ0n) is 14.3. The molecule has 2 fully saturated rings. The molecule has 0 unspecified atom stereocenters. The van der Waals surface area contributed by atoms with Gasteiger partial charge in [-0.25, -0.2) is 9.97 Å². The lowest BCUT2D eigenvalue weighted by Gasteiger charge is -2.39. The van der Waals surface area contributed by atoms with E-state index in [1.54, 1.807) is 0 Å². The van der Waals surface area contributed by atoms with Crippen LogP contribution in [0.4, 0.5) is 5.82 Å². The molecule has 0 atom stereocenters. The van der Waals surface area contributed by atoms with E-state index in [2.05, 4.69) is 20.6 Å². The first-order valence-corrected chi connectivity index (χ1v) is 9.08. The van der Waals surface area contributed by atoms with Crippen molar-refractivity contribution in [3.63, 3.8) is 0 Å². The topological polar surface area (TPSA) is 87.2 Å². The van der Waals surface area contributed by atoms with Gasteiger partial charge in [-0.1, -0.05) is 29.6 Å². The molecule has 0 bridgehead atoms. The molecule has 7 nitrogen and oxygen atoms in total. The first-order chi connectivity index (χ1) is 12.5. The van der Waals surface area contributed by atoms with Crippen LogP contribution in [0.5, 0.6) is 0 Å². The van der Waals surface area contributed by atoms with Crippen LogP contribution < -0.4 is 10.6 Å². The standard InChI is InChI=1S/C17H19Cl2N5O2/c1-24-14(16(26)23-17(24)5-3-2-4-6-17)12(18)7-11(9-25)22-15-13(19)8-20-10-21-15/h7-10H,2-6H2,1H3,(H,23,26)(H,20,21,22)/b11-7+,14-12+. The number of rotatable bonds is 4. The molecule has 1 saturated heterocycles. The van der Waals surface area contributed by atoms with Crippen LogP contribution in [0.15, 0.2) is 35.0 Å². The number of anilines is 1. The summed E-state index contributed by atoms with van der Waals surface area (Å²) in [6, 6.07) is 0. The van der Waals surface area contributed by atoms with Crippen LogP contribution in [0.1, 0.15) is 32.1 Å². The molecule has 1 aromatic rings. The minimum Gasteiger partial charge on any atom is -0.346 e. The second-order valence-corrected chi connectivity index (χ2v) is 7.18. The number of allylic oxidation sites excluding steroid dienone is 3. The molecule has 3 rings (SSSR count). The zero-order chi connectivity index (χ0) is 18.7. The predicted molar refractivity (Wildman–Crippen MR) is 99.4 cm³/mol. The molecule has 26 heavy (non-hydrogen) atoms. The lowest BCUT2D eigenvalue weighted by molar-refractivity contribution is -0.117. The van der Waals surface area contributed by atoms with Gasteiger partial charge < -0.3 is 15.5 Å². The first kappa shape index (κ1) is 18.7. The number of hydrogen-bond donors (Lipinski definition) is 2. The molecular weight excluding hydrogens is 377 g/mol. The average Bonchev–Trinajstić information content (AvgIpc) is 2.86. The Labute approximate surface area is 161 Å². The van der Waals surface area contributed by atoms with Gasteiger partial charge in [0.1, 0.15) is 22.7 Å². The molecule has 1 amide bonds. The van der Waals surface area contributed by atoms with Crippen LogP contribution in [0, 0.1) is 0 Å². The average molecular weight is 396 g/mol. The number of likely N-dealkylation sites (N-methyl/N-ethyl adjacent to an activating group) is 1. The summed E-state index contributed by atoms with van der Waals surface area (Å²) in [5, 5.41) is 6.30. The van der Waals surface area contributed by atoms with Gasteiger partial charge in [0.25, 0.3) is 5.91 Å². The monoisotopic (exact) mass is 395 g/mol. The number of nitrogens with zero attached hydrogens (tertiary/aromatic N) is 3. The van der Waals surface area contributed by atoms with Crippen molar-refractivity contribution in [2.24, 2.45) is 0 Å². The first-order valence-electron chi connectivity index (χ1n) is 8.32. The van der Waals surface area contributed by atoms with E-state index in [0.717, 1.165) is 32.1 Å². The summed E-state index contributed by atoms with van der Waals surface area (Å²) in [5.41, 5.74) is 0.0982. The van der Waals surface area contributed by atoms with Crippen molar-refractivity contribution < 1.29 is 9.59 Å². The highest BCUT2D eigenvalue weighted by molar-refractivity contribution is 6.34. The summed E-state index contributed by atoms with van der Waals surface area (Å²) in [7, 11) is 1.85. The summed E-state index contributed by atoms with van der Waals surface area (Å²) in [5.74, 6) is 0.0448. The summed E-state index contributed by atoms with van der Waals surface area (Å²) < 4.78 is 0. The fraction of sp³-hybridized carbons (Fsp3) is 0.412. The number of carbonyl (C=O) groups excluding carboxylic acids is 2. The zero-order valence-corrected chi connectivity index (χ0v) is 15.8. The molecule has 1 saturated carbocycles. The number of nitrogens with one attached hydrogen (secondary N) is 2. The van der Waals surface area contributed by atoms with Gasteiger partial charge in [0, 0.05) is 7.05 Å². The van der Waals surface area contributed by atoms with Gasteiger partial charge in [0.05, 0.1) is 16.9 Å². The Balaban J connectivity index is 1.89. The predicted octanol–water partition coefficient (Wildman–Crippen LogP) is 2.80. The van der Waals surface area contributed by atoms with Crippen molar-refractivity contribution in [1.29, 1.82) is 0 Å². The maximum absolute atomic E-state index is 12.5. The van der Waals surface area contributed by atoms with Gasteiger partial charge in [0.2, 0.25) is 0 Å². The molecule has 1 aliphatic carbocycles. The molecular formula is C17H19Cl2N5O2. The summed E-state index contributed by atoms with van der Waals surface area (Å²) in [4.78, 5) is 33.6. The normalized spacial score (nSPS) is 21.6. The number of halogens is 2. The largest absolute Gasteiger partial charge is 0.346 e. The van der Waals surface area contributed by atoms with Crippen LogP contribution in [0.2, 0.25) is 5.02 Å². The van der Waals surface area contributed by atoms with Gasteiger partial charge in [-0.05, 0) is 31.8 Å². The fourth-order valence-corrected chi connectivity index (χ4v) is 3.91. The van der Waals surface area contributed by atoms with Gasteiger partial charge in [-0.2, -0.15) is 0 Å². The van der Waals surface area contributed by atoms with E-state index in [1.807, 2.05) is 11.9 Å². The van der Waals surface area contributed by atoms with Crippen LogP contribution >= 0.6 is 23.2 Å². The minimum absolute atomic E-state index is 0.133. The summed E-state index contributed by atoms with van der Waals surface area (Å²) >= 11 is 12.4. The molecule has 1 aliphatic heterocycles. The molecule has 1 aromatic heterocycles. The highest BCUT2D eigenvalue weighted by Crippen LogP contribution is 2.38. The third-order valence-electron chi connectivity index (χ3n) is 4.79. The lowest BCUT2D eigenvalue weighted by Crippen LogP contribution is -2.51. The Morgan fingerprint density at radius 3 is 2.77 bits per heavy atom. The second kappa shape index (κ2) is 7.63. The van der Waals surface area contributed by atoms with Crippen molar-refractivity contribution >= 4 is 41.2 Å². The van der Waals surface area contributed by atoms with Crippen molar-refractivity contribution in [1.82, 2.24) is 20.2 Å². The van der Waals surface area contributed by atoms with Crippen LogP contribution in [-0.2, 0) is 9.59 Å². The number of carbonyl (C=O) groups is 2. The maximum Gasteiger partial charge on any atom is 0.270 e. The van der Waals surface area contributed by atoms with E-state index in [0.29, 0.717) is 12.0 Å². The molecule has 138 valence electrons. The van der Waals surface area contributed by atoms with E-state index in [-0.39, 0.29) is 33.1 Å². The molecule has 2 aliphatic rings. The molecule has 2 heterocycles. The van der Waals surface area contributed by atoms with Gasteiger partial charge in [-0.15, -0.1) is 0 Å². The van der Waals surface area contributed by atoms with Crippen molar-refractivity contribution in [3.05, 3.63) is 40.0 Å². The summed E-state index contributed by atoms with van der Waals surface area (Å²) in [6.07, 6.45) is 9.73. The lowest BCUT2D eigenvalue weighted by atomic mass is 9.89. The number of aldehydes is 1. The Morgan fingerprint density at radius 2 is 2.12 bits per heavy atom. The number of hydrogen-bond acceptors (Lipinski definition) is 6. The molecule has 9 heteroatoms. The fourth-order valence-electron chi connectivity index (χ4n) is 3.43. The van der Waals surface area contributed by atoms with E-state index in [9.17, 15) is 9.59 Å². The van der Waals surface area contributed by atoms with Crippen molar-refractivity contribution in [3.8, 4) is 0 Å². The Morgan fingerprint density at radius 1 is 1.38 bits per heavy atom. The highest BCUT2D eigenvalue weighted by Gasteiger charge is 2.46. The smallest absolute Gasteiger partial charge is 0.270 e. The third kappa shape index (κ3) is 3.54. The van der Waals surface area contributed by atoms with Crippen LogP contribution in [0.25, 0.3) is 0 Å². The quantitative estimate of drug-likeness (QED) is 0.601. The van der Waals surface area contributed by atoms with E-state index in [1.165, 1.54) is 18.6 Å². The Bertz CT molecular complexity index is 787. The van der Waals surface area contributed by atoms with E-state index >= 15 is 0 Å². The van der Waals surface area contributed by atoms with E-state index in [4.69, 9.17) is 23.2 Å². The Hall–Kier alpha value is -2.12. The van der Waals surface area contributed by atoms with Crippen molar-refractivity contribution in [2.75, 3.05) is 12.4 Å². The molecule has 1 spiro atoms. The van der Waals surface area contributed by atoms with Crippen LogP contribution in [0.3, 0.4) is 0 Å². The van der Waals surface area contributed by atoms with Gasteiger partial charge in [0.15, 0.2) is 12.1 Å². The molecule has 0 aromatic carbocycles. The van der Waals surface area contributed by atoms with Crippen molar-refractivity contribution in [2.45, 2.75) is 37.8 Å². The molecule has 2 N–H and O–H groups in total. The molecule has 0 radical (unpaired) electrons. The Kier molecular flexibility index (Phi) is 5.48. The number of aromatic nitrogens is 2.